The summed E-state index contributed by atoms with van der Waals surface area (Å²) >= 11 is 22.0. The number of nitrogens with zero attached hydrogens (tertiary/aromatic N) is 2. The second-order valence-corrected chi connectivity index (χ2v) is 15.3. The number of amides is 2. The van der Waals surface area contributed by atoms with Crippen molar-refractivity contribution in [3.8, 4) is 0 Å². The number of carbonyl (C=O) groups is 2. The van der Waals surface area contributed by atoms with Crippen molar-refractivity contribution < 1.29 is 89.4 Å². The van der Waals surface area contributed by atoms with Gasteiger partial charge in [0.2, 0.25) is 0 Å². The molecule has 0 spiro atoms. The van der Waals surface area contributed by atoms with Crippen LogP contribution in [-0.2, 0) is 28.5 Å². The van der Waals surface area contributed by atoms with Crippen LogP contribution in [0.25, 0.3) is 0 Å². The average Bonchev–Trinajstić information content (AvgIpc) is 3.24. The number of halogens is 4. The maximum atomic E-state index is 11.9. The lowest BCUT2D eigenvalue weighted by molar-refractivity contribution is -0.385. The molecule has 2 saturated heterocycles. The van der Waals surface area contributed by atoms with Crippen LogP contribution in [0.4, 0.5) is 11.4 Å². The Balaban J connectivity index is 0.000000325. The molecule has 2 amide bonds. The van der Waals surface area contributed by atoms with Gasteiger partial charge in [-0.3, -0.25) is 29.8 Å². The Kier molecular flexibility index (Phi) is 20.5. The molecule has 2 aliphatic heterocycles. The third-order valence-electron chi connectivity index (χ3n) is 8.98. The first-order chi connectivity index (χ1) is 28.6. The number of aliphatic hydroxyl groups excluding tert-OH is 10. The summed E-state index contributed by atoms with van der Waals surface area (Å²) < 4.78 is 21.1. The summed E-state index contributed by atoms with van der Waals surface area (Å²) in [6.45, 7) is -1.89. The second-order valence-electron chi connectivity index (χ2n) is 13.1. The minimum atomic E-state index is -1.81. The van der Waals surface area contributed by atoms with Crippen molar-refractivity contribution in [1.29, 1.82) is 0 Å². The number of carbonyl (C=O) groups excluding carboxylic acids is 2. The minimum absolute atomic E-state index is 0.0798. The molecule has 28 heteroatoms. The molecule has 2 heterocycles. The van der Waals surface area contributed by atoms with Gasteiger partial charge in [0.1, 0.15) is 61.0 Å². The summed E-state index contributed by atoms with van der Waals surface area (Å²) in [6, 6.07) is 8.28. The Hall–Kier alpha value is -3.22. The molecule has 0 bridgehead atoms. The Morgan fingerprint density at radius 1 is 0.639 bits per heavy atom. The molecule has 12 N–H and O–H groups in total. The van der Waals surface area contributed by atoms with E-state index in [1.165, 1.54) is 24.3 Å². The van der Waals surface area contributed by atoms with Crippen molar-refractivity contribution in [2.24, 2.45) is 0 Å². The number of ether oxygens (including phenoxy) is 4. The smallest absolute Gasteiger partial charge is 0.269 e. The second kappa shape index (κ2) is 24.0. The molecule has 2 aliphatic rings. The van der Waals surface area contributed by atoms with E-state index < -0.39 is 137 Å². The first-order valence-corrected chi connectivity index (χ1v) is 19.3. The lowest BCUT2D eigenvalue weighted by Gasteiger charge is -2.41. The van der Waals surface area contributed by atoms with Crippen molar-refractivity contribution >= 4 is 69.6 Å². The standard InChI is InChI=1S/C17H22Cl2N2O10.C16H20Cl2N2O10/c18-15(19)16(27)20-9(11(23)7-1-3-8(4-2-7)21(28)29)6-30-17-14(26)13(25)12(24)10(5-22)31-17;17-13(18)14(26)19-15(9(22)6-1-3-7(4-2-6)20(27)28)30-16-12(25)11(24)10(23)8(5-21)29-16/h1-4,9-15,17,22-26H,5-6H2,(H,20,27);1-4,8-13,15-16,21-25H,5H2,(H,19,26). The van der Waals surface area contributed by atoms with Crippen molar-refractivity contribution in [2.75, 3.05) is 19.8 Å². The Labute approximate surface area is 363 Å². The third kappa shape index (κ3) is 14.1. The number of non-ortho nitro benzene ring substituents is 2. The molecule has 4 rings (SSSR count). The molecule has 342 valence electrons. The predicted molar refractivity (Wildman–Crippen MR) is 206 cm³/mol. The van der Waals surface area contributed by atoms with E-state index >= 15 is 0 Å². The third-order valence-corrected chi connectivity index (χ3v) is 9.78. The zero-order valence-corrected chi connectivity index (χ0v) is 34.0. The van der Waals surface area contributed by atoms with Crippen LogP contribution in [0.2, 0.25) is 0 Å². The topological polar surface area (TPSA) is 384 Å². The van der Waals surface area contributed by atoms with Crippen LogP contribution in [0.5, 0.6) is 0 Å². The monoisotopic (exact) mass is 954 g/mol. The molecule has 0 saturated carbocycles. The highest BCUT2D eigenvalue weighted by molar-refractivity contribution is 6.53. The summed E-state index contributed by atoms with van der Waals surface area (Å²) in [5.74, 6) is -1.85. The number of benzene rings is 2. The van der Waals surface area contributed by atoms with Gasteiger partial charge in [0, 0.05) is 24.3 Å². The van der Waals surface area contributed by atoms with Crippen LogP contribution in [0, 0.1) is 20.2 Å². The Morgan fingerprint density at radius 2 is 1.03 bits per heavy atom. The molecular formula is C33H42Cl4N4O20. The summed E-state index contributed by atoms with van der Waals surface area (Å²) in [4.78, 5) is 41.1. The normalized spacial score (nSPS) is 28.5. The van der Waals surface area contributed by atoms with E-state index in [9.17, 15) is 80.9 Å². The first kappa shape index (κ1) is 52.1. The van der Waals surface area contributed by atoms with Gasteiger partial charge < -0.3 is 80.6 Å². The highest BCUT2D eigenvalue weighted by atomic mass is 35.5. The van der Waals surface area contributed by atoms with Crippen LogP contribution >= 0.6 is 46.4 Å². The van der Waals surface area contributed by atoms with Gasteiger partial charge >= 0.3 is 0 Å². The minimum Gasteiger partial charge on any atom is -0.394 e. The van der Waals surface area contributed by atoms with E-state index in [4.69, 9.17) is 65.4 Å². The Bertz CT molecular complexity index is 1740. The fourth-order valence-corrected chi connectivity index (χ4v) is 5.82. The molecule has 0 radical (unpaired) electrons. The molecule has 24 nitrogen and oxygen atoms in total. The number of rotatable bonds is 17. The predicted octanol–water partition coefficient (Wildman–Crippen LogP) is -2.58. The number of nitrogens with one attached hydrogen (secondary N) is 2. The molecule has 14 atom stereocenters. The summed E-state index contributed by atoms with van der Waals surface area (Å²) in [5.41, 5.74) is -0.191. The summed E-state index contributed by atoms with van der Waals surface area (Å²) in [5, 5.41) is 125. The lowest BCUT2D eigenvalue weighted by Crippen LogP contribution is -2.61. The van der Waals surface area contributed by atoms with Crippen LogP contribution < -0.4 is 10.6 Å². The molecular weight excluding hydrogens is 914 g/mol. The van der Waals surface area contributed by atoms with Crippen molar-refractivity contribution in [1.82, 2.24) is 10.6 Å². The fourth-order valence-electron chi connectivity index (χ4n) is 5.57. The van der Waals surface area contributed by atoms with Crippen LogP contribution in [0.15, 0.2) is 48.5 Å². The largest absolute Gasteiger partial charge is 0.394 e. The van der Waals surface area contributed by atoms with Gasteiger partial charge in [0.25, 0.3) is 23.2 Å². The average molecular weight is 957 g/mol. The number of nitro groups is 2. The number of nitro benzene ring substituents is 2. The number of alkyl halides is 4. The quantitative estimate of drug-likeness (QED) is 0.0335. The van der Waals surface area contributed by atoms with E-state index in [0.29, 0.717) is 0 Å². The molecule has 2 aromatic rings. The van der Waals surface area contributed by atoms with Crippen molar-refractivity contribution in [2.45, 2.75) is 95.6 Å². The molecule has 2 aromatic carbocycles. The van der Waals surface area contributed by atoms with Crippen LogP contribution in [0.1, 0.15) is 23.3 Å². The van der Waals surface area contributed by atoms with E-state index in [0.717, 1.165) is 24.3 Å². The molecule has 14 unspecified atom stereocenters. The maximum Gasteiger partial charge on any atom is 0.269 e. The number of hydrogen-bond donors (Lipinski definition) is 12. The highest BCUT2D eigenvalue weighted by Gasteiger charge is 2.46. The SMILES string of the molecule is O=C(NC(COC1OC(CO)C(O)C(O)C1O)C(O)c1ccc([N+](=O)[O-])cc1)C(Cl)Cl.O=C(NC(OC1OC(CO)C(O)C(O)C1O)C(O)c1ccc([N+](=O)[O-])cc1)C(Cl)Cl. The van der Waals surface area contributed by atoms with Gasteiger partial charge in [-0.2, -0.15) is 0 Å². The first-order valence-electron chi connectivity index (χ1n) is 17.5. The Morgan fingerprint density at radius 3 is 1.44 bits per heavy atom. The molecule has 0 aromatic heterocycles. The number of hydrogen-bond acceptors (Lipinski definition) is 20. The van der Waals surface area contributed by atoms with Crippen LogP contribution in [-0.4, -0.2) is 176 Å². The summed E-state index contributed by atoms with van der Waals surface area (Å²) in [6.07, 6.45) is -20.6. The van der Waals surface area contributed by atoms with Gasteiger partial charge in [-0.25, -0.2) is 0 Å². The fraction of sp³-hybridized carbons (Fsp3) is 0.576. The van der Waals surface area contributed by atoms with Gasteiger partial charge in [0.05, 0.1) is 35.7 Å². The molecule has 0 aliphatic carbocycles. The molecule has 2 fully saturated rings. The van der Waals surface area contributed by atoms with Gasteiger partial charge in [-0.05, 0) is 35.4 Å². The van der Waals surface area contributed by atoms with E-state index in [2.05, 4.69) is 10.6 Å². The van der Waals surface area contributed by atoms with E-state index in [1.807, 2.05) is 0 Å². The van der Waals surface area contributed by atoms with Crippen molar-refractivity contribution in [3.05, 3.63) is 79.9 Å². The maximum absolute atomic E-state index is 11.9. The van der Waals surface area contributed by atoms with E-state index in [1.54, 1.807) is 0 Å². The van der Waals surface area contributed by atoms with Gasteiger partial charge in [0.15, 0.2) is 28.5 Å². The van der Waals surface area contributed by atoms with Gasteiger partial charge in [-0.15, -0.1) is 0 Å². The molecule has 61 heavy (non-hydrogen) atoms. The highest BCUT2D eigenvalue weighted by Crippen LogP contribution is 2.28. The van der Waals surface area contributed by atoms with Gasteiger partial charge in [-0.1, -0.05) is 46.4 Å². The number of aliphatic hydroxyl groups is 10. The zero-order chi connectivity index (χ0) is 45.9. The summed E-state index contributed by atoms with van der Waals surface area (Å²) in [7, 11) is 0. The lowest BCUT2D eigenvalue weighted by atomic mass is 9.99. The van der Waals surface area contributed by atoms with E-state index in [-0.39, 0.29) is 22.5 Å². The zero-order valence-electron chi connectivity index (χ0n) is 30.9. The van der Waals surface area contributed by atoms with Crippen molar-refractivity contribution in [3.63, 3.8) is 0 Å². The van der Waals surface area contributed by atoms with Crippen LogP contribution in [0.3, 0.4) is 0 Å².